The molecule has 1 atom stereocenters. The van der Waals surface area contributed by atoms with Crippen molar-refractivity contribution in [3.63, 3.8) is 0 Å². The Morgan fingerprint density at radius 1 is 1.69 bits per heavy atom. The fourth-order valence-corrected chi connectivity index (χ4v) is 1.21. The summed E-state index contributed by atoms with van der Waals surface area (Å²) < 4.78 is 5.03. The van der Waals surface area contributed by atoms with Gasteiger partial charge in [0.15, 0.2) is 0 Å². The Kier molecular flexibility index (Phi) is 4.52. The van der Waals surface area contributed by atoms with Gasteiger partial charge >= 0.3 is 5.97 Å². The topological polar surface area (TPSA) is 71.5 Å². The summed E-state index contributed by atoms with van der Waals surface area (Å²) in [6, 6.07) is 2.85. The summed E-state index contributed by atoms with van der Waals surface area (Å²) in [6.45, 7) is 2.32. The average molecular weight is 245 g/mol. The van der Waals surface area contributed by atoms with Gasteiger partial charge < -0.3 is 15.2 Å². The summed E-state index contributed by atoms with van der Waals surface area (Å²) in [4.78, 5) is 14.8. The number of halogens is 1. The molecule has 1 rings (SSSR count). The SMILES string of the molecule is COC(C)CNc1nc(Cl)ccc1C(=O)O. The van der Waals surface area contributed by atoms with Gasteiger partial charge in [-0.1, -0.05) is 11.6 Å². The van der Waals surface area contributed by atoms with E-state index in [1.54, 1.807) is 7.11 Å². The quantitative estimate of drug-likeness (QED) is 0.774. The van der Waals surface area contributed by atoms with Crippen molar-refractivity contribution in [2.75, 3.05) is 19.0 Å². The van der Waals surface area contributed by atoms with E-state index in [0.29, 0.717) is 6.54 Å². The normalized spacial score (nSPS) is 12.2. The fourth-order valence-electron chi connectivity index (χ4n) is 1.07. The molecule has 88 valence electrons. The minimum absolute atomic E-state index is 0.0394. The van der Waals surface area contributed by atoms with Crippen LogP contribution in [0.4, 0.5) is 5.82 Å². The lowest BCUT2D eigenvalue weighted by molar-refractivity contribution is 0.0697. The van der Waals surface area contributed by atoms with Crippen LogP contribution < -0.4 is 5.32 Å². The monoisotopic (exact) mass is 244 g/mol. The van der Waals surface area contributed by atoms with Crippen molar-refractivity contribution in [3.05, 3.63) is 22.8 Å². The van der Waals surface area contributed by atoms with Gasteiger partial charge in [-0.2, -0.15) is 0 Å². The minimum atomic E-state index is -1.04. The summed E-state index contributed by atoms with van der Waals surface area (Å²) in [5, 5.41) is 12.1. The van der Waals surface area contributed by atoms with E-state index in [1.807, 2.05) is 6.92 Å². The number of nitrogens with zero attached hydrogens (tertiary/aromatic N) is 1. The summed E-state index contributed by atoms with van der Waals surface area (Å²) in [5.74, 6) is -0.791. The molecule has 0 aromatic carbocycles. The second-order valence-electron chi connectivity index (χ2n) is 3.26. The van der Waals surface area contributed by atoms with E-state index in [4.69, 9.17) is 21.4 Å². The van der Waals surface area contributed by atoms with Crippen LogP contribution in [-0.2, 0) is 4.74 Å². The summed E-state index contributed by atoms with van der Waals surface area (Å²) in [6.07, 6.45) is -0.0394. The highest BCUT2D eigenvalue weighted by atomic mass is 35.5. The first-order valence-corrected chi connectivity index (χ1v) is 5.09. The van der Waals surface area contributed by atoms with Gasteiger partial charge in [0, 0.05) is 13.7 Å². The molecule has 1 unspecified atom stereocenters. The molecule has 0 fully saturated rings. The molecule has 0 aliphatic rings. The Balaban J connectivity index is 2.84. The number of hydrogen-bond acceptors (Lipinski definition) is 4. The second kappa shape index (κ2) is 5.67. The van der Waals surface area contributed by atoms with E-state index in [9.17, 15) is 4.79 Å². The van der Waals surface area contributed by atoms with Crippen LogP contribution >= 0.6 is 11.6 Å². The summed E-state index contributed by atoms with van der Waals surface area (Å²) in [7, 11) is 1.58. The third-order valence-corrected chi connectivity index (χ3v) is 2.26. The number of ether oxygens (including phenoxy) is 1. The molecule has 1 aromatic rings. The number of carbonyl (C=O) groups is 1. The van der Waals surface area contributed by atoms with Crippen molar-refractivity contribution >= 4 is 23.4 Å². The first kappa shape index (κ1) is 12.7. The first-order chi connectivity index (χ1) is 7.54. The number of pyridine rings is 1. The van der Waals surface area contributed by atoms with E-state index in [1.165, 1.54) is 12.1 Å². The van der Waals surface area contributed by atoms with E-state index in [-0.39, 0.29) is 22.6 Å². The largest absolute Gasteiger partial charge is 0.478 e. The van der Waals surface area contributed by atoms with Crippen LogP contribution in [0.1, 0.15) is 17.3 Å². The van der Waals surface area contributed by atoms with Gasteiger partial charge in [0.25, 0.3) is 0 Å². The molecule has 0 bridgehead atoms. The molecule has 1 aromatic heterocycles. The van der Waals surface area contributed by atoms with Crippen molar-refractivity contribution in [1.29, 1.82) is 0 Å². The number of aromatic nitrogens is 1. The highest BCUT2D eigenvalue weighted by Crippen LogP contribution is 2.16. The van der Waals surface area contributed by atoms with E-state index >= 15 is 0 Å². The number of anilines is 1. The first-order valence-electron chi connectivity index (χ1n) is 4.71. The Morgan fingerprint density at radius 2 is 2.38 bits per heavy atom. The fraction of sp³-hybridized carbons (Fsp3) is 0.400. The molecule has 0 saturated heterocycles. The Morgan fingerprint density at radius 3 is 2.94 bits per heavy atom. The van der Waals surface area contributed by atoms with Crippen LogP contribution in [0.5, 0.6) is 0 Å². The molecule has 1 heterocycles. The highest BCUT2D eigenvalue weighted by Gasteiger charge is 2.12. The van der Waals surface area contributed by atoms with Crippen molar-refractivity contribution in [3.8, 4) is 0 Å². The van der Waals surface area contributed by atoms with E-state index < -0.39 is 5.97 Å². The number of carboxylic acid groups (broad SMARTS) is 1. The summed E-state index contributed by atoms with van der Waals surface area (Å²) in [5.41, 5.74) is 0.0905. The smallest absolute Gasteiger partial charge is 0.339 e. The van der Waals surface area contributed by atoms with Gasteiger partial charge in [0.2, 0.25) is 0 Å². The predicted octanol–water partition coefficient (Wildman–Crippen LogP) is 1.88. The maximum atomic E-state index is 10.9. The number of carboxylic acids is 1. The predicted molar refractivity (Wildman–Crippen MR) is 61.2 cm³/mol. The van der Waals surface area contributed by atoms with Crippen molar-refractivity contribution in [1.82, 2.24) is 4.98 Å². The molecule has 0 aliphatic heterocycles. The maximum absolute atomic E-state index is 10.9. The maximum Gasteiger partial charge on any atom is 0.339 e. The molecule has 0 radical (unpaired) electrons. The zero-order chi connectivity index (χ0) is 12.1. The lowest BCUT2D eigenvalue weighted by atomic mass is 10.2. The second-order valence-corrected chi connectivity index (χ2v) is 3.65. The van der Waals surface area contributed by atoms with Gasteiger partial charge in [0.1, 0.15) is 16.5 Å². The van der Waals surface area contributed by atoms with Crippen LogP contribution in [-0.4, -0.2) is 35.8 Å². The van der Waals surface area contributed by atoms with Crippen LogP contribution in [0.2, 0.25) is 5.15 Å². The summed E-state index contributed by atoms with van der Waals surface area (Å²) >= 11 is 5.70. The lowest BCUT2D eigenvalue weighted by Gasteiger charge is -2.12. The Labute approximate surface area is 98.4 Å². The Bertz CT molecular complexity index is 384. The zero-order valence-corrected chi connectivity index (χ0v) is 9.78. The number of hydrogen-bond donors (Lipinski definition) is 2. The molecule has 0 aliphatic carbocycles. The molecule has 6 heteroatoms. The van der Waals surface area contributed by atoms with E-state index in [2.05, 4.69) is 10.3 Å². The average Bonchev–Trinajstić information content (AvgIpc) is 2.25. The molecular formula is C10H13ClN2O3. The van der Waals surface area contributed by atoms with Crippen LogP contribution in [0.15, 0.2) is 12.1 Å². The highest BCUT2D eigenvalue weighted by molar-refractivity contribution is 6.29. The van der Waals surface area contributed by atoms with E-state index in [0.717, 1.165) is 0 Å². The van der Waals surface area contributed by atoms with Crippen LogP contribution in [0.3, 0.4) is 0 Å². The van der Waals surface area contributed by atoms with Gasteiger partial charge in [-0.25, -0.2) is 9.78 Å². The standard InChI is InChI=1S/C10H13ClN2O3/c1-6(16-2)5-12-9-7(10(14)15)3-4-8(11)13-9/h3-4,6H,5H2,1-2H3,(H,12,13)(H,14,15). The number of nitrogens with one attached hydrogen (secondary N) is 1. The number of methoxy groups -OCH3 is 1. The van der Waals surface area contributed by atoms with Crippen LogP contribution in [0.25, 0.3) is 0 Å². The number of rotatable bonds is 5. The Hall–Kier alpha value is -1.33. The molecular weight excluding hydrogens is 232 g/mol. The molecule has 16 heavy (non-hydrogen) atoms. The number of aromatic carboxylic acids is 1. The van der Waals surface area contributed by atoms with Gasteiger partial charge in [-0.3, -0.25) is 0 Å². The van der Waals surface area contributed by atoms with Crippen molar-refractivity contribution in [2.45, 2.75) is 13.0 Å². The third kappa shape index (κ3) is 3.36. The minimum Gasteiger partial charge on any atom is -0.478 e. The molecule has 5 nitrogen and oxygen atoms in total. The zero-order valence-electron chi connectivity index (χ0n) is 9.03. The molecule has 0 saturated carbocycles. The molecule has 0 amide bonds. The van der Waals surface area contributed by atoms with Gasteiger partial charge in [-0.15, -0.1) is 0 Å². The lowest BCUT2D eigenvalue weighted by Crippen LogP contribution is -2.20. The van der Waals surface area contributed by atoms with Gasteiger partial charge in [-0.05, 0) is 19.1 Å². The molecule has 0 spiro atoms. The van der Waals surface area contributed by atoms with Crippen molar-refractivity contribution < 1.29 is 14.6 Å². The van der Waals surface area contributed by atoms with Crippen molar-refractivity contribution in [2.24, 2.45) is 0 Å². The molecule has 2 N–H and O–H groups in total. The van der Waals surface area contributed by atoms with Crippen LogP contribution in [0, 0.1) is 0 Å². The third-order valence-electron chi connectivity index (χ3n) is 2.05. The van der Waals surface area contributed by atoms with Gasteiger partial charge in [0.05, 0.1) is 6.10 Å².